The van der Waals surface area contributed by atoms with Crippen LogP contribution in [-0.4, -0.2) is 30.7 Å². The number of rotatable bonds is 7. The molecule has 0 bridgehead atoms. The summed E-state index contributed by atoms with van der Waals surface area (Å²) < 4.78 is 5.22. The Morgan fingerprint density at radius 1 is 1.53 bits per heavy atom. The summed E-state index contributed by atoms with van der Waals surface area (Å²) in [5.41, 5.74) is 1.10. The van der Waals surface area contributed by atoms with E-state index in [9.17, 15) is 0 Å². The van der Waals surface area contributed by atoms with E-state index >= 15 is 0 Å². The van der Waals surface area contributed by atoms with Crippen molar-refractivity contribution in [1.82, 2.24) is 15.6 Å². The highest BCUT2D eigenvalue weighted by atomic mass is 16.5. The zero-order valence-corrected chi connectivity index (χ0v) is 10.6. The molecule has 17 heavy (non-hydrogen) atoms. The molecule has 0 aliphatic heterocycles. The molecule has 1 heterocycles. The molecular formula is C13H21N3O. The molecule has 1 atom stereocenters. The van der Waals surface area contributed by atoms with Gasteiger partial charge in [-0.1, -0.05) is 6.07 Å². The lowest BCUT2D eigenvalue weighted by atomic mass is 10.2. The number of hydrogen-bond donors (Lipinski definition) is 2. The predicted octanol–water partition coefficient (Wildman–Crippen LogP) is 1.32. The van der Waals surface area contributed by atoms with Gasteiger partial charge in [-0.3, -0.25) is 0 Å². The highest BCUT2D eigenvalue weighted by molar-refractivity contribution is 5.25. The Morgan fingerprint density at radius 2 is 2.35 bits per heavy atom. The summed E-state index contributed by atoms with van der Waals surface area (Å²) in [6.45, 7) is 4.01. The molecule has 0 aromatic carbocycles. The largest absolute Gasteiger partial charge is 0.481 e. The molecule has 94 valence electrons. The Kier molecular flexibility index (Phi) is 4.34. The van der Waals surface area contributed by atoms with Crippen LogP contribution in [0.1, 0.15) is 25.3 Å². The Bertz CT molecular complexity index is 352. The van der Waals surface area contributed by atoms with Crippen LogP contribution >= 0.6 is 0 Å². The van der Waals surface area contributed by atoms with Gasteiger partial charge in [-0.15, -0.1) is 0 Å². The first kappa shape index (κ1) is 12.3. The molecule has 1 aromatic rings. The van der Waals surface area contributed by atoms with Gasteiger partial charge in [-0.05, 0) is 25.8 Å². The van der Waals surface area contributed by atoms with Gasteiger partial charge in [0.25, 0.3) is 0 Å². The Hall–Kier alpha value is -1.13. The van der Waals surface area contributed by atoms with Crippen molar-refractivity contribution in [3.8, 4) is 5.88 Å². The van der Waals surface area contributed by atoms with E-state index in [-0.39, 0.29) is 0 Å². The second-order valence-corrected chi connectivity index (χ2v) is 4.64. The minimum absolute atomic E-state index is 0.459. The van der Waals surface area contributed by atoms with Gasteiger partial charge in [0.05, 0.1) is 7.11 Å². The summed E-state index contributed by atoms with van der Waals surface area (Å²) in [6.07, 6.45) is 4.42. The van der Waals surface area contributed by atoms with Crippen LogP contribution in [0.5, 0.6) is 5.88 Å². The van der Waals surface area contributed by atoms with Crippen LogP contribution in [0.25, 0.3) is 0 Å². The first-order chi connectivity index (χ1) is 8.29. The van der Waals surface area contributed by atoms with E-state index in [1.54, 1.807) is 13.3 Å². The molecule has 1 aliphatic carbocycles. The second-order valence-electron chi connectivity index (χ2n) is 4.64. The van der Waals surface area contributed by atoms with Crippen molar-refractivity contribution < 1.29 is 4.74 Å². The smallest absolute Gasteiger partial charge is 0.217 e. The number of nitrogens with one attached hydrogen (secondary N) is 2. The average Bonchev–Trinajstić information content (AvgIpc) is 3.18. The predicted molar refractivity (Wildman–Crippen MR) is 68.1 cm³/mol. The zero-order chi connectivity index (χ0) is 12.1. The van der Waals surface area contributed by atoms with E-state index in [4.69, 9.17) is 4.74 Å². The number of ether oxygens (including phenoxy) is 1. The fourth-order valence-corrected chi connectivity index (χ4v) is 1.73. The van der Waals surface area contributed by atoms with Crippen molar-refractivity contribution in [2.24, 2.45) is 0 Å². The van der Waals surface area contributed by atoms with Gasteiger partial charge in [0.2, 0.25) is 5.88 Å². The molecular weight excluding hydrogens is 214 g/mol. The van der Waals surface area contributed by atoms with Crippen LogP contribution in [-0.2, 0) is 6.54 Å². The van der Waals surface area contributed by atoms with Crippen molar-refractivity contribution in [2.45, 2.75) is 38.4 Å². The Labute approximate surface area is 103 Å². The molecule has 4 heteroatoms. The van der Waals surface area contributed by atoms with E-state index in [2.05, 4.69) is 22.5 Å². The van der Waals surface area contributed by atoms with Crippen molar-refractivity contribution in [2.75, 3.05) is 13.7 Å². The van der Waals surface area contributed by atoms with Crippen LogP contribution in [0.15, 0.2) is 18.3 Å². The zero-order valence-electron chi connectivity index (χ0n) is 10.6. The molecule has 1 aromatic heterocycles. The molecule has 1 fully saturated rings. The minimum atomic E-state index is 0.459. The molecule has 4 nitrogen and oxygen atoms in total. The number of nitrogens with zero attached hydrogens (tertiary/aromatic N) is 1. The van der Waals surface area contributed by atoms with Crippen molar-refractivity contribution in [1.29, 1.82) is 0 Å². The van der Waals surface area contributed by atoms with Crippen molar-refractivity contribution in [3.63, 3.8) is 0 Å². The lowest BCUT2D eigenvalue weighted by Gasteiger charge is -2.15. The van der Waals surface area contributed by atoms with E-state index in [0.29, 0.717) is 11.9 Å². The van der Waals surface area contributed by atoms with Crippen molar-refractivity contribution >= 4 is 0 Å². The number of pyridine rings is 1. The number of methoxy groups -OCH3 is 1. The lowest BCUT2D eigenvalue weighted by Crippen LogP contribution is -2.36. The Morgan fingerprint density at radius 3 is 3.06 bits per heavy atom. The fraction of sp³-hybridized carbons (Fsp3) is 0.615. The molecule has 2 N–H and O–H groups in total. The molecule has 2 rings (SSSR count). The second kappa shape index (κ2) is 5.98. The highest BCUT2D eigenvalue weighted by Gasteiger charge is 2.20. The summed E-state index contributed by atoms with van der Waals surface area (Å²) >= 11 is 0. The quantitative estimate of drug-likeness (QED) is 0.748. The summed E-state index contributed by atoms with van der Waals surface area (Å²) in [5.74, 6) is 0.711. The first-order valence-electron chi connectivity index (χ1n) is 6.24. The average molecular weight is 235 g/mol. The van der Waals surface area contributed by atoms with Crippen LogP contribution in [0.4, 0.5) is 0 Å². The summed E-state index contributed by atoms with van der Waals surface area (Å²) in [7, 11) is 1.66. The number of aromatic nitrogens is 1. The molecule has 0 spiro atoms. The topological polar surface area (TPSA) is 46.2 Å². The van der Waals surface area contributed by atoms with Crippen LogP contribution in [0.2, 0.25) is 0 Å². The van der Waals surface area contributed by atoms with Gasteiger partial charge in [0.15, 0.2) is 0 Å². The van der Waals surface area contributed by atoms with Crippen LogP contribution in [0, 0.1) is 0 Å². The van der Waals surface area contributed by atoms with Crippen molar-refractivity contribution in [3.05, 3.63) is 23.9 Å². The van der Waals surface area contributed by atoms with Gasteiger partial charge in [0, 0.05) is 36.9 Å². The molecule has 0 radical (unpaired) electrons. The first-order valence-corrected chi connectivity index (χ1v) is 6.24. The van der Waals surface area contributed by atoms with Gasteiger partial charge in [-0.25, -0.2) is 4.98 Å². The minimum Gasteiger partial charge on any atom is -0.481 e. The third-order valence-electron chi connectivity index (χ3n) is 2.97. The Balaban J connectivity index is 1.75. The van der Waals surface area contributed by atoms with Gasteiger partial charge in [-0.2, -0.15) is 0 Å². The maximum Gasteiger partial charge on any atom is 0.217 e. The van der Waals surface area contributed by atoms with Gasteiger partial charge in [0.1, 0.15) is 0 Å². The molecule has 1 aliphatic rings. The third-order valence-corrected chi connectivity index (χ3v) is 2.97. The lowest BCUT2D eigenvalue weighted by molar-refractivity contribution is 0.388. The van der Waals surface area contributed by atoms with E-state index in [1.165, 1.54) is 12.8 Å². The third kappa shape index (κ3) is 3.98. The molecule has 0 amide bonds. The summed E-state index contributed by atoms with van der Waals surface area (Å²) in [4.78, 5) is 4.18. The van der Waals surface area contributed by atoms with Gasteiger partial charge >= 0.3 is 0 Å². The monoisotopic (exact) mass is 235 g/mol. The standard InChI is InChI=1S/C13H21N3O/c1-10(8-16-12-5-6-12)15-9-11-4-3-7-14-13(11)17-2/h3-4,7,10,12,15-16H,5-6,8-9H2,1-2H3. The maximum absolute atomic E-state index is 5.22. The summed E-state index contributed by atoms with van der Waals surface area (Å²) in [5, 5.41) is 6.99. The summed E-state index contributed by atoms with van der Waals surface area (Å²) in [6, 6.07) is 5.21. The molecule has 0 saturated heterocycles. The molecule has 1 unspecified atom stereocenters. The van der Waals surface area contributed by atoms with E-state index < -0.39 is 0 Å². The SMILES string of the molecule is COc1ncccc1CNC(C)CNC1CC1. The van der Waals surface area contributed by atoms with E-state index in [0.717, 1.165) is 24.7 Å². The highest BCUT2D eigenvalue weighted by Crippen LogP contribution is 2.18. The molecule has 1 saturated carbocycles. The maximum atomic E-state index is 5.22. The fourth-order valence-electron chi connectivity index (χ4n) is 1.73. The van der Waals surface area contributed by atoms with Crippen LogP contribution in [0.3, 0.4) is 0 Å². The number of hydrogen-bond acceptors (Lipinski definition) is 4. The van der Waals surface area contributed by atoms with E-state index in [1.807, 2.05) is 12.1 Å². The van der Waals surface area contributed by atoms with Gasteiger partial charge < -0.3 is 15.4 Å². The normalized spacial score (nSPS) is 16.8. The van der Waals surface area contributed by atoms with Crippen LogP contribution < -0.4 is 15.4 Å².